The third kappa shape index (κ3) is 5.99. The van der Waals surface area contributed by atoms with Crippen molar-refractivity contribution < 1.29 is 53.3 Å². The van der Waals surface area contributed by atoms with Gasteiger partial charge in [-0.15, -0.1) is 5.10 Å². The van der Waals surface area contributed by atoms with Crippen molar-refractivity contribution in [2.75, 3.05) is 6.61 Å². The van der Waals surface area contributed by atoms with Gasteiger partial charge in [-0.3, -0.25) is 0 Å². The standard InChI is InChI=1S/C23H19F9N4O3S/c1-2-39-19(37)18(34-40(38)23(31,32)21(26,27)20(24,25)22(28,29)30)16-11-7-6-10-15(16)17-13-36(35-33-17)12-14-8-4-3-5-9-14/h3-11,13,18,34H,2,12H2,1H3/t18-,40?/m0/s1. The highest BCUT2D eigenvalue weighted by molar-refractivity contribution is 7.84. The second kappa shape index (κ2) is 11.6. The summed E-state index contributed by atoms with van der Waals surface area (Å²) < 4.78 is 140. The molecule has 2 aromatic carbocycles. The Morgan fingerprint density at radius 1 is 0.950 bits per heavy atom. The number of ether oxygens (including phenoxy) is 1. The first kappa shape index (κ1) is 31.1. The van der Waals surface area contributed by atoms with Gasteiger partial charge >= 0.3 is 29.2 Å². The molecule has 3 aromatic rings. The van der Waals surface area contributed by atoms with E-state index in [0.717, 1.165) is 11.6 Å². The molecule has 1 heterocycles. The van der Waals surface area contributed by atoms with E-state index in [1.807, 2.05) is 0 Å². The molecule has 2 atom stereocenters. The number of alkyl halides is 9. The minimum Gasteiger partial charge on any atom is -0.465 e. The van der Waals surface area contributed by atoms with E-state index in [9.17, 15) is 48.5 Å². The van der Waals surface area contributed by atoms with E-state index < -0.39 is 52.9 Å². The van der Waals surface area contributed by atoms with E-state index in [0.29, 0.717) is 0 Å². The summed E-state index contributed by atoms with van der Waals surface area (Å²) in [5.41, 5.74) is 0.462. The Hall–Kier alpha value is -3.47. The van der Waals surface area contributed by atoms with Crippen molar-refractivity contribution in [2.24, 2.45) is 0 Å². The van der Waals surface area contributed by atoms with E-state index in [4.69, 9.17) is 4.74 Å². The fraction of sp³-hybridized carbons (Fsp3) is 0.348. The number of carbonyl (C=O) groups excluding carboxylic acids is 1. The molecule has 0 aliphatic carbocycles. The zero-order chi connectivity index (χ0) is 29.9. The molecule has 7 nitrogen and oxygen atoms in total. The Morgan fingerprint density at radius 3 is 2.15 bits per heavy atom. The predicted molar refractivity (Wildman–Crippen MR) is 123 cm³/mol. The molecule has 0 aliphatic heterocycles. The molecule has 0 amide bonds. The van der Waals surface area contributed by atoms with Crippen molar-refractivity contribution in [2.45, 2.75) is 42.8 Å². The van der Waals surface area contributed by atoms with Crippen molar-refractivity contribution >= 4 is 17.0 Å². The second-order valence-corrected chi connectivity index (χ2v) is 9.40. The average Bonchev–Trinajstić information content (AvgIpc) is 3.35. The van der Waals surface area contributed by atoms with Crippen LogP contribution in [0.2, 0.25) is 0 Å². The third-order valence-electron chi connectivity index (χ3n) is 5.37. The molecule has 40 heavy (non-hydrogen) atoms. The van der Waals surface area contributed by atoms with Gasteiger partial charge < -0.3 is 4.74 Å². The van der Waals surface area contributed by atoms with Crippen molar-refractivity contribution in [1.82, 2.24) is 19.7 Å². The van der Waals surface area contributed by atoms with Gasteiger partial charge in [0.2, 0.25) is 0 Å². The quantitative estimate of drug-likeness (QED) is 0.239. The highest BCUT2D eigenvalue weighted by Gasteiger charge is 2.83. The lowest BCUT2D eigenvalue weighted by Gasteiger charge is -2.33. The summed E-state index contributed by atoms with van der Waals surface area (Å²) in [4.78, 5) is 12.6. The topological polar surface area (TPSA) is 86.1 Å². The van der Waals surface area contributed by atoms with Crippen LogP contribution < -0.4 is 4.72 Å². The number of hydrogen-bond acceptors (Lipinski definition) is 5. The molecule has 1 aromatic heterocycles. The Kier molecular flexibility index (Phi) is 8.98. The lowest BCUT2D eigenvalue weighted by Crippen LogP contribution is -2.63. The van der Waals surface area contributed by atoms with E-state index in [2.05, 4.69) is 10.3 Å². The smallest absolute Gasteiger partial charge is 0.460 e. The molecule has 0 aliphatic rings. The Bertz CT molecular complexity index is 1350. The van der Waals surface area contributed by atoms with E-state index in [-0.39, 0.29) is 23.4 Å². The normalized spacial score (nSPS) is 14.6. The lowest BCUT2D eigenvalue weighted by atomic mass is 9.99. The first-order valence-electron chi connectivity index (χ1n) is 11.1. The number of nitrogens with one attached hydrogen (secondary N) is 1. The van der Waals surface area contributed by atoms with E-state index >= 15 is 0 Å². The fourth-order valence-corrected chi connectivity index (χ4v) is 4.32. The predicted octanol–water partition coefficient (Wildman–Crippen LogP) is 5.28. The second-order valence-electron chi connectivity index (χ2n) is 8.11. The van der Waals surface area contributed by atoms with Crippen LogP contribution >= 0.6 is 0 Å². The summed E-state index contributed by atoms with van der Waals surface area (Å²) in [6.45, 7) is 1.12. The molecular formula is C23H19F9N4O3S. The van der Waals surface area contributed by atoms with Crippen LogP contribution in [0.25, 0.3) is 11.3 Å². The van der Waals surface area contributed by atoms with Crippen LogP contribution in [0, 0.1) is 0 Å². The van der Waals surface area contributed by atoms with Crippen LogP contribution in [0.3, 0.4) is 0 Å². The molecule has 0 fully saturated rings. The maximum Gasteiger partial charge on any atom is 0.460 e. The molecule has 0 radical (unpaired) electrons. The molecule has 17 heteroatoms. The lowest BCUT2D eigenvalue weighted by molar-refractivity contribution is -0.381. The third-order valence-corrected chi connectivity index (χ3v) is 6.54. The van der Waals surface area contributed by atoms with Gasteiger partial charge in [0.25, 0.3) is 0 Å². The first-order chi connectivity index (χ1) is 18.5. The van der Waals surface area contributed by atoms with Gasteiger partial charge in [-0.1, -0.05) is 59.8 Å². The fourth-order valence-electron chi connectivity index (χ4n) is 3.37. The number of benzene rings is 2. The van der Waals surface area contributed by atoms with E-state index in [1.165, 1.54) is 40.7 Å². The number of rotatable bonds is 11. The molecule has 0 saturated carbocycles. The Balaban J connectivity index is 1.99. The van der Waals surface area contributed by atoms with Gasteiger partial charge in [0, 0.05) is 5.56 Å². The summed E-state index contributed by atoms with van der Waals surface area (Å²) in [7, 11) is -4.68. The molecule has 1 N–H and O–H groups in total. The summed E-state index contributed by atoms with van der Waals surface area (Å²) >= 11 is 0. The van der Waals surface area contributed by atoms with Crippen molar-refractivity contribution in [3.8, 4) is 11.3 Å². The zero-order valence-corrected chi connectivity index (χ0v) is 21.0. The van der Waals surface area contributed by atoms with Crippen LogP contribution in [0.4, 0.5) is 39.5 Å². The zero-order valence-electron chi connectivity index (χ0n) is 20.1. The van der Waals surface area contributed by atoms with Crippen molar-refractivity contribution in [1.29, 1.82) is 0 Å². The monoisotopic (exact) mass is 602 g/mol. The number of hydrogen-bond donors (Lipinski definition) is 1. The van der Waals surface area contributed by atoms with Gasteiger partial charge in [-0.2, -0.15) is 39.5 Å². The molecule has 1 unspecified atom stereocenters. The van der Waals surface area contributed by atoms with Gasteiger partial charge in [0.05, 0.1) is 19.3 Å². The molecule has 0 saturated heterocycles. The summed E-state index contributed by atoms with van der Waals surface area (Å²) in [6.07, 6.45) is -5.74. The van der Waals surface area contributed by atoms with Crippen molar-refractivity contribution in [3.05, 3.63) is 71.9 Å². The maximum absolute atomic E-state index is 14.3. The van der Waals surface area contributed by atoms with Crippen LogP contribution in [0.1, 0.15) is 24.1 Å². The van der Waals surface area contributed by atoms with Gasteiger partial charge in [-0.05, 0) is 18.1 Å². The minimum absolute atomic E-state index is 0.0223. The van der Waals surface area contributed by atoms with E-state index in [1.54, 1.807) is 30.3 Å². The summed E-state index contributed by atoms with van der Waals surface area (Å²) in [6, 6.07) is 11.6. The number of esters is 1. The Morgan fingerprint density at radius 2 is 1.55 bits per heavy atom. The SMILES string of the molecule is CCOC(=O)[C@@H](NS(=O)C(F)(F)C(F)(F)C(F)(F)C(F)(F)F)c1ccccc1-c1cn(Cc2ccccc2)nn1. The Labute approximate surface area is 222 Å². The molecule has 0 spiro atoms. The highest BCUT2D eigenvalue weighted by Crippen LogP contribution is 2.54. The number of nitrogens with zero attached hydrogens (tertiary/aromatic N) is 3. The van der Waals surface area contributed by atoms with Crippen LogP contribution in [0.5, 0.6) is 0 Å². The maximum atomic E-state index is 14.3. The van der Waals surface area contributed by atoms with Crippen molar-refractivity contribution in [3.63, 3.8) is 0 Å². The summed E-state index contributed by atoms with van der Waals surface area (Å²) in [5.74, 6) is -15.9. The average molecular weight is 602 g/mol. The van der Waals surface area contributed by atoms with Crippen LogP contribution in [-0.2, 0) is 27.1 Å². The summed E-state index contributed by atoms with van der Waals surface area (Å²) in [5, 5.41) is 1.33. The van der Waals surface area contributed by atoms with Gasteiger partial charge in [0.1, 0.15) is 11.7 Å². The first-order valence-corrected chi connectivity index (χ1v) is 12.3. The van der Waals surface area contributed by atoms with Crippen LogP contribution in [-0.4, -0.2) is 55.1 Å². The highest BCUT2D eigenvalue weighted by atomic mass is 32.2. The largest absolute Gasteiger partial charge is 0.465 e. The molecule has 3 rings (SSSR count). The molecule has 0 bridgehead atoms. The van der Waals surface area contributed by atoms with Gasteiger partial charge in [0.15, 0.2) is 11.0 Å². The molecular weight excluding hydrogens is 583 g/mol. The number of aromatic nitrogens is 3. The molecule has 218 valence electrons. The minimum atomic E-state index is -7.27. The number of halogens is 9. The number of carbonyl (C=O) groups is 1. The van der Waals surface area contributed by atoms with Gasteiger partial charge in [-0.25, -0.2) is 18.4 Å². The van der Waals surface area contributed by atoms with Crippen LogP contribution in [0.15, 0.2) is 60.8 Å².